The molecule has 1 saturated carbocycles. The number of aliphatic hydroxyl groups is 1. The van der Waals surface area contributed by atoms with Crippen molar-refractivity contribution in [3.05, 3.63) is 0 Å². The van der Waals surface area contributed by atoms with E-state index in [1.807, 2.05) is 0 Å². The fourth-order valence-corrected chi connectivity index (χ4v) is 3.28. The number of hydrogen-bond donors (Lipinski definition) is 1. The molecule has 0 spiro atoms. The molecule has 2 nitrogen and oxygen atoms in total. The predicted octanol–water partition coefficient (Wildman–Crippen LogP) is 3.40. The average Bonchev–Trinajstić information content (AvgIpc) is 2.43. The standard InChI is InChI=1S/C16H33NO/c1-12(2)9-17(10-13(3)4)11-14-7-8-16(5,6)15(14)18/h12-15,18H,7-11H2,1-6H3. The van der Waals surface area contributed by atoms with Crippen LogP contribution in [-0.2, 0) is 0 Å². The minimum absolute atomic E-state index is 0.117. The summed E-state index contributed by atoms with van der Waals surface area (Å²) in [4.78, 5) is 2.56. The molecule has 1 aliphatic rings. The highest BCUT2D eigenvalue weighted by molar-refractivity contribution is 4.92. The van der Waals surface area contributed by atoms with Gasteiger partial charge in [-0.15, -0.1) is 0 Å². The van der Waals surface area contributed by atoms with Gasteiger partial charge >= 0.3 is 0 Å². The summed E-state index contributed by atoms with van der Waals surface area (Å²) in [5.41, 5.74) is 0.117. The van der Waals surface area contributed by atoms with Crippen LogP contribution >= 0.6 is 0 Å². The molecule has 0 aromatic heterocycles. The molecule has 1 N–H and O–H groups in total. The third-order valence-corrected chi connectivity index (χ3v) is 4.15. The Kier molecular flexibility index (Phi) is 5.67. The van der Waals surface area contributed by atoms with Crippen LogP contribution in [0, 0.1) is 23.2 Å². The first-order valence-corrected chi connectivity index (χ1v) is 7.62. The SMILES string of the molecule is CC(C)CN(CC(C)C)CC1CCC(C)(C)C1O. The van der Waals surface area contributed by atoms with E-state index < -0.39 is 0 Å². The summed E-state index contributed by atoms with van der Waals surface area (Å²) in [6.45, 7) is 16.9. The van der Waals surface area contributed by atoms with Crippen molar-refractivity contribution in [2.75, 3.05) is 19.6 Å². The minimum atomic E-state index is -0.126. The van der Waals surface area contributed by atoms with Gasteiger partial charge in [0.05, 0.1) is 6.10 Å². The van der Waals surface area contributed by atoms with Gasteiger partial charge in [0.15, 0.2) is 0 Å². The summed E-state index contributed by atoms with van der Waals surface area (Å²) in [5, 5.41) is 10.4. The molecule has 2 unspecified atom stereocenters. The van der Waals surface area contributed by atoms with E-state index in [-0.39, 0.29) is 11.5 Å². The Hall–Kier alpha value is -0.0800. The van der Waals surface area contributed by atoms with Gasteiger partial charge in [0.2, 0.25) is 0 Å². The lowest BCUT2D eigenvalue weighted by atomic mass is 9.87. The van der Waals surface area contributed by atoms with Gasteiger partial charge in [-0.3, -0.25) is 0 Å². The van der Waals surface area contributed by atoms with Crippen LogP contribution in [0.5, 0.6) is 0 Å². The van der Waals surface area contributed by atoms with E-state index in [9.17, 15) is 5.11 Å². The summed E-state index contributed by atoms with van der Waals surface area (Å²) in [5.74, 6) is 1.88. The van der Waals surface area contributed by atoms with E-state index >= 15 is 0 Å². The van der Waals surface area contributed by atoms with Gasteiger partial charge < -0.3 is 10.0 Å². The molecule has 0 aromatic rings. The van der Waals surface area contributed by atoms with E-state index in [0.717, 1.165) is 26.1 Å². The van der Waals surface area contributed by atoms with Crippen molar-refractivity contribution < 1.29 is 5.11 Å². The Labute approximate surface area is 114 Å². The lowest BCUT2D eigenvalue weighted by Gasteiger charge is -2.32. The minimum Gasteiger partial charge on any atom is -0.392 e. The van der Waals surface area contributed by atoms with Gasteiger partial charge in [-0.1, -0.05) is 41.5 Å². The smallest absolute Gasteiger partial charge is 0.0631 e. The quantitative estimate of drug-likeness (QED) is 0.786. The van der Waals surface area contributed by atoms with Crippen molar-refractivity contribution in [2.45, 2.75) is 60.5 Å². The first kappa shape index (κ1) is 16.0. The van der Waals surface area contributed by atoms with Crippen molar-refractivity contribution >= 4 is 0 Å². The molecule has 0 heterocycles. The molecule has 0 radical (unpaired) electrons. The molecule has 0 aromatic carbocycles. The molecule has 18 heavy (non-hydrogen) atoms. The Bertz CT molecular complexity index is 237. The van der Waals surface area contributed by atoms with Crippen molar-refractivity contribution in [2.24, 2.45) is 23.2 Å². The zero-order valence-corrected chi connectivity index (χ0v) is 13.2. The van der Waals surface area contributed by atoms with Crippen LogP contribution in [0.4, 0.5) is 0 Å². The Balaban J connectivity index is 2.55. The molecule has 2 atom stereocenters. The van der Waals surface area contributed by atoms with Gasteiger partial charge in [-0.2, -0.15) is 0 Å². The van der Waals surface area contributed by atoms with Crippen LogP contribution < -0.4 is 0 Å². The summed E-state index contributed by atoms with van der Waals surface area (Å²) in [6.07, 6.45) is 2.22. The van der Waals surface area contributed by atoms with Gasteiger partial charge in [-0.25, -0.2) is 0 Å². The van der Waals surface area contributed by atoms with E-state index in [2.05, 4.69) is 46.4 Å². The molecular weight excluding hydrogens is 222 g/mol. The molecule has 2 heteroatoms. The van der Waals surface area contributed by atoms with E-state index in [1.165, 1.54) is 6.42 Å². The average molecular weight is 255 g/mol. The highest BCUT2D eigenvalue weighted by Gasteiger charge is 2.41. The zero-order valence-electron chi connectivity index (χ0n) is 13.2. The zero-order chi connectivity index (χ0) is 13.9. The molecule has 0 amide bonds. The van der Waals surface area contributed by atoms with Gasteiger partial charge in [0.25, 0.3) is 0 Å². The van der Waals surface area contributed by atoms with Gasteiger partial charge in [0, 0.05) is 19.6 Å². The summed E-state index contributed by atoms with van der Waals surface area (Å²) in [7, 11) is 0. The van der Waals surface area contributed by atoms with Gasteiger partial charge in [0.1, 0.15) is 0 Å². The second kappa shape index (κ2) is 6.38. The highest BCUT2D eigenvalue weighted by Crippen LogP contribution is 2.41. The van der Waals surface area contributed by atoms with E-state index in [4.69, 9.17) is 0 Å². The fourth-order valence-electron chi connectivity index (χ4n) is 3.28. The molecular formula is C16H33NO. The molecule has 0 aliphatic heterocycles. The number of aliphatic hydroxyl groups excluding tert-OH is 1. The maximum absolute atomic E-state index is 10.4. The molecule has 0 saturated heterocycles. The molecule has 1 fully saturated rings. The summed E-state index contributed by atoms with van der Waals surface area (Å²) >= 11 is 0. The van der Waals surface area contributed by atoms with Gasteiger partial charge in [-0.05, 0) is 36.0 Å². The van der Waals surface area contributed by atoms with Crippen LogP contribution in [0.25, 0.3) is 0 Å². The van der Waals surface area contributed by atoms with E-state index in [1.54, 1.807) is 0 Å². The molecule has 1 rings (SSSR count). The van der Waals surface area contributed by atoms with Crippen LogP contribution in [0.2, 0.25) is 0 Å². The maximum atomic E-state index is 10.4. The third kappa shape index (κ3) is 4.55. The van der Waals surface area contributed by atoms with Crippen LogP contribution in [0.1, 0.15) is 54.4 Å². The highest BCUT2D eigenvalue weighted by atomic mass is 16.3. The molecule has 108 valence electrons. The summed E-state index contributed by atoms with van der Waals surface area (Å²) in [6, 6.07) is 0. The van der Waals surface area contributed by atoms with Crippen molar-refractivity contribution in [1.29, 1.82) is 0 Å². The van der Waals surface area contributed by atoms with E-state index in [0.29, 0.717) is 17.8 Å². The van der Waals surface area contributed by atoms with Crippen molar-refractivity contribution in [1.82, 2.24) is 4.90 Å². The topological polar surface area (TPSA) is 23.5 Å². The third-order valence-electron chi connectivity index (χ3n) is 4.15. The predicted molar refractivity (Wildman–Crippen MR) is 78.6 cm³/mol. The van der Waals surface area contributed by atoms with Crippen molar-refractivity contribution in [3.8, 4) is 0 Å². The Morgan fingerprint density at radius 3 is 1.94 bits per heavy atom. The Morgan fingerprint density at radius 2 is 1.61 bits per heavy atom. The Morgan fingerprint density at radius 1 is 1.11 bits per heavy atom. The summed E-state index contributed by atoms with van der Waals surface area (Å²) < 4.78 is 0. The number of nitrogens with zero attached hydrogens (tertiary/aromatic N) is 1. The second-order valence-electron chi connectivity index (χ2n) is 7.74. The molecule has 1 aliphatic carbocycles. The lowest BCUT2D eigenvalue weighted by Crippen LogP contribution is -2.39. The monoisotopic (exact) mass is 255 g/mol. The largest absolute Gasteiger partial charge is 0.392 e. The maximum Gasteiger partial charge on any atom is 0.0631 e. The first-order valence-electron chi connectivity index (χ1n) is 7.62. The van der Waals surface area contributed by atoms with Crippen molar-refractivity contribution in [3.63, 3.8) is 0 Å². The molecule has 0 bridgehead atoms. The van der Waals surface area contributed by atoms with Crippen LogP contribution in [0.15, 0.2) is 0 Å². The fraction of sp³-hybridized carbons (Fsp3) is 1.00. The second-order valence-corrected chi connectivity index (χ2v) is 7.74. The number of rotatable bonds is 6. The lowest BCUT2D eigenvalue weighted by molar-refractivity contribution is 0.0296. The van der Waals surface area contributed by atoms with Crippen LogP contribution in [-0.4, -0.2) is 35.7 Å². The first-order chi connectivity index (χ1) is 8.22. The normalized spacial score (nSPS) is 27.7. The number of hydrogen-bond acceptors (Lipinski definition) is 2. The van der Waals surface area contributed by atoms with Crippen LogP contribution in [0.3, 0.4) is 0 Å².